The van der Waals surface area contributed by atoms with Crippen LogP contribution in [0.4, 0.5) is 5.69 Å². The number of likely N-dealkylation sites (N-methyl/N-ethyl adjacent to an activating group) is 1. The number of benzene rings is 1. The second-order valence-corrected chi connectivity index (χ2v) is 7.74. The van der Waals surface area contributed by atoms with Gasteiger partial charge in [0.1, 0.15) is 5.75 Å². The molecule has 3 rings (SSSR count). The molecule has 0 bridgehead atoms. The Balaban J connectivity index is 0.00000280. The number of nitrogens with one attached hydrogen (secondary N) is 1. The molecular formula is C21H36IN5O. The van der Waals surface area contributed by atoms with Crippen LogP contribution in [-0.2, 0) is 0 Å². The standard InChI is InChI=1S/C21H35N5O.HI/c1-5-22-21(23-16-20(24(2)3)17-9-10-17)26-13-11-25(12-14-26)18-7-6-8-19(15-18)27-4;/h6-8,15,17,20H,5,9-14,16H2,1-4H3,(H,22,23);1H. The molecular weight excluding hydrogens is 465 g/mol. The first kappa shape index (κ1) is 23.1. The summed E-state index contributed by atoms with van der Waals surface area (Å²) in [4.78, 5) is 12.2. The summed E-state index contributed by atoms with van der Waals surface area (Å²) in [7, 11) is 6.08. The molecule has 2 aliphatic rings. The van der Waals surface area contributed by atoms with E-state index in [4.69, 9.17) is 9.73 Å². The topological polar surface area (TPSA) is 43.3 Å². The fourth-order valence-electron chi connectivity index (χ4n) is 3.80. The van der Waals surface area contributed by atoms with Gasteiger partial charge in [-0.15, -0.1) is 24.0 Å². The Kier molecular flexibility index (Phi) is 9.14. The molecule has 1 saturated heterocycles. The maximum Gasteiger partial charge on any atom is 0.194 e. The van der Waals surface area contributed by atoms with E-state index in [-0.39, 0.29) is 24.0 Å². The molecule has 0 radical (unpaired) electrons. The lowest BCUT2D eigenvalue weighted by atomic mass is 10.2. The highest BCUT2D eigenvalue weighted by Gasteiger charge is 2.32. The van der Waals surface area contributed by atoms with Crippen LogP contribution >= 0.6 is 24.0 Å². The zero-order valence-corrected chi connectivity index (χ0v) is 20.1. The predicted octanol–water partition coefficient (Wildman–Crippen LogP) is 2.74. The van der Waals surface area contributed by atoms with E-state index in [1.165, 1.54) is 18.5 Å². The second kappa shape index (κ2) is 11.1. The third-order valence-corrected chi connectivity index (χ3v) is 5.59. The molecule has 6 nitrogen and oxygen atoms in total. The normalized spacial score (nSPS) is 18.7. The number of halogens is 1. The third kappa shape index (κ3) is 6.14. The zero-order valence-electron chi connectivity index (χ0n) is 17.7. The van der Waals surface area contributed by atoms with Gasteiger partial charge in [-0.05, 0) is 51.9 Å². The predicted molar refractivity (Wildman–Crippen MR) is 128 cm³/mol. The molecule has 0 spiro atoms. The number of piperazine rings is 1. The Morgan fingerprint density at radius 1 is 1.25 bits per heavy atom. The molecule has 2 fully saturated rings. The largest absolute Gasteiger partial charge is 0.497 e. The lowest BCUT2D eigenvalue weighted by molar-refractivity contribution is 0.269. The number of nitrogens with zero attached hydrogens (tertiary/aromatic N) is 4. The number of guanidine groups is 1. The van der Waals surface area contributed by atoms with Crippen molar-refractivity contribution >= 4 is 35.6 Å². The minimum absolute atomic E-state index is 0. The molecule has 1 aliphatic heterocycles. The summed E-state index contributed by atoms with van der Waals surface area (Å²) < 4.78 is 5.36. The number of anilines is 1. The summed E-state index contributed by atoms with van der Waals surface area (Å²) in [6.07, 6.45) is 2.71. The minimum atomic E-state index is 0. The molecule has 1 aromatic rings. The van der Waals surface area contributed by atoms with E-state index >= 15 is 0 Å². The van der Waals surface area contributed by atoms with E-state index in [9.17, 15) is 0 Å². The molecule has 0 aromatic heterocycles. The molecule has 1 aromatic carbocycles. The summed E-state index contributed by atoms with van der Waals surface area (Å²) in [5.74, 6) is 2.81. The van der Waals surface area contributed by atoms with Crippen LogP contribution in [0.15, 0.2) is 29.3 Å². The summed E-state index contributed by atoms with van der Waals surface area (Å²) >= 11 is 0. The van der Waals surface area contributed by atoms with Crippen molar-refractivity contribution in [2.24, 2.45) is 10.9 Å². The smallest absolute Gasteiger partial charge is 0.194 e. The Morgan fingerprint density at radius 3 is 2.54 bits per heavy atom. The van der Waals surface area contributed by atoms with Crippen LogP contribution in [0.5, 0.6) is 5.75 Å². The Hall–Kier alpha value is -1.22. The lowest BCUT2D eigenvalue weighted by Gasteiger charge is -2.38. The van der Waals surface area contributed by atoms with Crippen molar-refractivity contribution in [3.8, 4) is 5.75 Å². The van der Waals surface area contributed by atoms with Crippen LogP contribution in [0.3, 0.4) is 0 Å². The summed E-state index contributed by atoms with van der Waals surface area (Å²) in [5, 5.41) is 3.50. The van der Waals surface area contributed by atoms with E-state index in [0.717, 1.165) is 56.9 Å². The molecule has 0 amide bonds. The molecule has 1 saturated carbocycles. The van der Waals surface area contributed by atoms with Crippen molar-refractivity contribution in [1.82, 2.24) is 15.1 Å². The van der Waals surface area contributed by atoms with Crippen molar-refractivity contribution < 1.29 is 4.74 Å². The van der Waals surface area contributed by atoms with Gasteiger partial charge in [-0.25, -0.2) is 0 Å². The number of ether oxygens (including phenoxy) is 1. The van der Waals surface area contributed by atoms with Gasteiger partial charge in [-0.1, -0.05) is 6.07 Å². The van der Waals surface area contributed by atoms with Crippen molar-refractivity contribution in [2.75, 3.05) is 65.4 Å². The molecule has 1 aliphatic carbocycles. The first-order valence-corrected chi connectivity index (χ1v) is 10.2. The van der Waals surface area contributed by atoms with Gasteiger partial charge in [0.15, 0.2) is 5.96 Å². The average Bonchev–Trinajstić information content (AvgIpc) is 3.52. The van der Waals surface area contributed by atoms with Gasteiger partial charge >= 0.3 is 0 Å². The van der Waals surface area contributed by atoms with Crippen LogP contribution in [0, 0.1) is 5.92 Å². The first-order chi connectivity index (χ1) is 13.1. The van der Waals surface area contributed by atoms with Crippen LogP contribution in [0.1, 0.15) is 19.8 Å². The van der Waals surface area contributed by atoms with Crippen molar-refractivity contribution in [1.29, 1.82) is 0 Å². The highest BCUT2D eigenvalue weighted by Crippen LogP contribution is 2.34. The molecule has 158 valence electrons. The van der Waals surface area contributed by atoms with E-state index < -0.39 is 0 Å². The maximum atomic E-state index is 5.36. The van der Waals surface area contributed by atoms with Crippen molar-refractivity contribution in [2.45, 2.75) is 25.8 Å². The molecule has 1 heterocycles. The first-order valence-electron chi connectivity index (χ1n) is 10.2. The van der Waals surface area contributed by atoms with E-state index in [2.05, 4.69) is 59.2 Å². The summed E-state index contributed by atoms with van der Waals surface area (Å²) in [6, 6.07) is 8.90. The second-order valence-electron chi connectivity index (χ2n) is 7.74. The van der Waals surface area contributed by atoms with Crippen LogP contribution in [0.2, 0.25) is 0 Å². The molecule has 28 heavy (non-hydrogen) atoms. The van der Waals surface area contributed by atoms with Crippen molar-refractivity contribution in [3.05, 3.63) is 24.3 Å². The van der Waals surface area contributed by atoms with Crippen molar-refractivity contribution in [3.63, 3.8) is 0 Å². The van der Waals surface area contributed by atoms with E-state index in [1.54, 1.807) is 7.11 Å². The quantitative estimate of drug-likeness (QED) is 0.354. The third-order valence-electron chi connectivity index (χ3n) is 5.59. The van der Waals surface area contributed by atoms with Gasteiger partial charge in [-0.2, -0.15) is 0 Å². The van der Waals surface area contributed by atoms with Gasteiger partial charge in [0.05, 0.1) is 13.7 Å². The molecule has 1 unspecified atom stereocenters. The fourth-order valence-corrected chi connectivity index (χ4v) is 3.80. The summed E-state index contributed by atoms with van der Waals surface area (Å²) in [6.45, 7) is 7.90. The van der Waals surface area contributed by atoms with Crippen LogP contribution in [0.25, 0.3) is 0 Å². The van der Waals surface area contributed by atoms with Gasteiger partial charge in [-0.3, -0.25) is 4.99 Å². The number of rotatable bonds is 7. The average molecular weight is 501 g/mol. The fraction of sp³-hybridized carbons (Fsp3) is 0.667. The minimum Gasteiger partial charge on any atom is -0.497 e. The molecule has 1 atom stereocenters. The van der Waals surface area contributed by atoms with E-state index in [0.29, 0.717) is 6.04 Å². The zero-order chi connectivity index (χ0) is 19.2. The number of methoxy groups -OCH3 is 1. The van der Waals surface area contributed by atoms with Crippen LogP contribution in [-0.4, -0.2) is 82.3 Å². The maximum absolute atomic E-state index is 5.36. The number of aliphatic imine (C=N–C) groups is 1. The Morgan fingerprint density at radius 2 is 1.96 bits per heavy atom. The molecule has 1 N–H and O–H groups in total. The summed E-state index contributed by atoms with van der Waals surface area (Å²) in [5.41, 5.74) is 1.23. The lowest BCUT2D eigenvalue weighted by Crippen LogP contribution is -2.53. The van der Waals surface area contributed by atoms with E-state index in [1.807, 2.05) is 6.07 Å². The number of hydrogen-bond acceptors (Lipinski definition) is 4. The van der Waals surface area contributed by atoms with Gasteiger partial charge < -0.3 is 24.8 Å². The Labute approximate surface area is 187 Å². The van der Waals surface area contributed by atoms with Crippen LogP contribution < -0.4 is 15.0 Å². The highest BCUT2D eigenvalue weighted by molar-refractivity contribution is 14.0. The monoisotopic (exact) mass is 501 g/mol. The SMILES string of the molecule is CCNC(=NCC(C1CC1)N(C)C)N1CCN(c2cccc(OC)c2)CC1.I. The van der Waals surface area contributed by atoms with Gasteiger partial charge in [0.2, 0.25) is 0 Å². The van der Waals surface area contributed by atoms with Gasteiger partial charge in [0.25, 0.3) is 0 Å². The number of hydrogen-bond donors (Lipinski definition) is 1. The Bertz CT molecular complexity index is 625. The van der Waals surface area contributed by atoms with Gasteiger partial charge in [0, 0.05) is 50.5 Å². The molecule has 7 heteroatoms. The highest BCUT2D eigenvalue weighted by atomic mass is 127.